The summed E-state index contributed by atoms with van der Waals surface area (Å²) in [5.41, 5.74) is 4.16. The van der Waals surface area contributed by atoms with Crippen LogP contribution in [0.5, 0.6) is 0 Å². The van der Waals surface area contributed by atoms with Crippen LogP contribution in [0.1, 0.15) is 48.0 Å². The predicted octanol–water partition coefficient (Wildman–Crippen LogP) is 2.60. The van der Waals surface area contributed by atoms with E-state index in [0.29, 0.717) is 5.57 Å². The van der Waals surface area contributed by atoms with Gasteiger partial charge in [0.1, 0.15) is 6.61 Å². The van der Waals surface area contributed by atoms with Gasteiger partial charge in [-0.15, -0.1) is 0 Å². The highest BCUT2D eigenvalue weighted by atomic mass is 16.5. The molecule has 0 atom stereocenters. The van der Waals surface area contributed by atoms with Crippen LogP contribution in [-0.2, 0) is 9.53 Å². The molecule has 4 heteroatoms. The van der Waals surface area contributed by atoms with Gasteiger partial charge in [-0.2, -0.15) is 0 Å². The van der Waals surface area contributed by atoms with E-state index in [-0.39, 0.29) is 25.8 Å². The number of carbonyl (C=O) groups excluding carboxylic acids is 1. The van der Waals surface area contributed by atoms with Gasteiger partial charge in [0.15, 0.2) is 0 Å². The summed E-state index contributed by atoms with van der Waals surface area (Å²) in [4.78, 5) is 11.0. The van der Waals surface area contributed by atoms with E-state index in [1.165, 1.54) is 11.1 Å². The molecule has 0 rings (SSSR count). The number of aliphatic hydroxyl groups excluding tert-OH is 2. The zero-order valence-electron chi connectivity index (χ0n) is 13.0. The van der Waals surface area contributed by atoms with Gasteiger partial charge in [0.25, 0.3) is 0 Å². The third-order valence-electron chi connectivity index (χ3n) is 2.72. The van der Waals surface area contributed by atoms with Crippen molar-refractivity contribution in [1.29, 1.82) is 0 Å². The summed E-state index contributed by atoms with van der Waals surface area (Å²) in [6, 6.07) is 0. The van der Waals surface area contributed by atoms with Crippen molar-refractivity contribution in [1.82, 2.24) is 0 Å². The van der Waals surface area contributed by atoms with Crippen molar-refractivity contribution in [3.8, 4) is 0 Å². The second-order valence-electron chi connectivity index (χ2n) is 4.74. The van der Waals surface area contributed by atoms with Crippen LogP contribution in [-0.4, -0.2) is 36.0 Å². The Balaban J connectivity index is 0. The SMILES string of the molecule is CC(C)=C(C)C(=O)OCCO.CC(C)=C(C)CCO. The lowest BCUT2D eigenvalue weighted by molar-refractivity contribution is -0.140. The summed E-state index contributed by atoms with van der Waals surface area (Å²) < 4.78 is 4.67. The number of hydrogen-bond donors (Lipinski definition) is 2. The summed E-state index contributed by atoms with van der Waals surface area (Å²) in [5, 5.41) is 16.8. The molecular weight excluding hydrogens is 244 g/mol. The molecule has 0 fully saturated rings. The predicted molar refractivity (Wildman–Crippen MR) is 77.8 cm³/mol. The first-order valence-electron chi connectivity index (χ1n) is 6.43. The lowest BCUT2D eigenvalue weighted by Crippen LogP contribution is -2.10. The van der Waals surface area contributed by atoms with E-state index < -0.39 is 0 Å². The second-order valence-corrected chi connectivity index (χ2v) is 4.74. The number of hydrogen-bond acceptors (Lipinski definition) is 4. The first-order valence-corrected chi connectivity index (χ1v) is 6.43. The maximum atomic E-state index is 11.0. The van der Waals surface area contributed by atoms with Crippen molar-refractivity contribution in [2.75, 3.05) is 19.8 Å². The molecule has 0 aromatic heterocycles. The second kappa shape index (κ2) is 11.9. The van der Waals surface area contributed by atoms with Crippen molar-refractivity contribution >= 4 is 5.97 Å². The zero-order chi connectivity index (χ0) is 15.4. The molecule has 2 N–H and O–H groups in total. The lowest BCUT2D eigenvalue weighted by atomic mass is 10.1. The molecule has 0 aliphatic rings. The average Bonchev–Trinajstić information content (AvgIpc) is 2.35. The zero-order valence-corrected chi connectivity index (χ0v) is 13.0. The Morgan fingerprint density at radius 3 is 1.68 bits per heavy atom. The Bertz CT molecular complexity index is 319. The van der Waals surface area contributed by atoms with Crippen LogP contribution in [0.2, 0.25) is 0 Å². The van der Waals surface area contributed by atoms with Crippen LogP contribution in [0.25, 0.3) is 0 Å². The van der Waals surface area contributed by atoms with Crippen molar-refractivity contribution in [3.05, 3.63) is 22.3 Å². The molecule has 0 aromatic rings. The van der Waals surface area contributed by atoms with Crippen molar-refractivity contribution in [3.63, 3.8) is 0 Å². The summed E-state index contributed by atoms with van der Waals surface area (Å²) in [5.74, 6) is -0.348. The van der Waals surface area contributed by atoms with Crippen LogP contribution in [0.4, 0.5) is 0 Å². The molecule has 0 aliphatic heterocycles. The molecule has 0 heterocycles. The van der Waals surface area contributed by atoms with Gasteiger partial charge in [-0.25, -0.2) is 4.79 Å². The van der Waals surface area contributed by atoms with Gasteiger partial charge in [0.2, 0.25) is 0 Å². The highest BCUT2D eigenvalue weighted by Gasteiger charge is 2.05. The van der Waals surface area contributed by atoms with Gasteiger partial charge < -0.3 is 14.9 Å². The maximum Gasteiger partial charge on any atom is 0.333 e. The Labute approximate surface area is 116 Å². The highest BCUT2D eigenvalue weighted by Crippen LogP contribution is 2.04. The fourth-order valence-electron chi connectivity index (χ4n) is 0.868. The average molecular weight is 272 g/mol. The first kappa shape index (κ1) is 20.2. The molecule has 0 spiro atoms. The Morgan fingerprint density at radius 1 is 0.895 bits per heavy atom. The molecule has 0 saturated heterocycles. The number of rotatable bonds is 5. The maximum absolute atomic E-state index is 11.0. The number of allylic oxidation sites excluding steroid dienone is 2. The molecule has 112 valence electrons. The molecule has 19 heavy (non-hydrogen) atoms. The van der Waals surface area contributed by atoms with Crippen molar-refractivity contribution in [2.45, 2.75) is 48.0 Å². The summed E-state index contributed by atoms with van der Waals surface area (Å²) in [7, 11) is 0. The number of ether oxygens (including phenoxy) is 1. The molecule has 0 aromatic carbocycles. The van der Waals surface area contributed by atoms with Gasteiger partial charge in [-0.3, -0.25) is 0 Å². The standard InChI is InChI=1S/C8H14O3.C7H14O/c1-6(2)7(3)8(10)11-5-4-9;1-6(2)7(3)4-5-8/h9H,4-5H2,1-3H3;8H,4-5H2,1-3H3. The summed E-state index contributed by atoms with van der Waals surface area (Å²) in [6.07, 6.45) is 0.822. The van der Waals surface area contributed by atoms with Crippen molar-refractivity contribution in [2.24, 2.45) is 0 Å². The topological polar surface area (TPSA) is 66.8 Å². The molecular formula is C15H28O4. The Kier molecular flexibility index (Phi) is 12.7. The van der Waals surface area contributed by atoms with Gasteiger partial charge in [-0.1, -0.05) is 16.7 Å². The van der Waals surface area contributed by atoms with Gasteiger partial charge in [0.05, 0.1) is 6.61 Å². The van der Waals surface area contributed by atoms with Crippen LogP contribution in [0.3, 0.4) is 0 Å². The fraction of sp³-hybridized carbons (Fsp3) is 0.667. The van der Waals surface area contributed by atoms with E-state index in [2.05, 4.69) is 18.6 Å². The van der Waals surface area contributed by atoms with Crippen LogP contribution < -0.4 is 0 Å². The molecule has 0 aliphatic carbocycles. The quantitative estimate of drug-likeness (QED) is 0.458. The van der Waals surface area contributed by atoms with Crippen LogP contribution >= 0.6 is 0 Å². The van der Waals surface area contributed by atoms with Gasteiger partial charge >= 0.3 is 5.97 Å². The van der Waals surface area contributed by atoms with E-state index in [0.717, 1.165) is 12.0 Å². The third-order valence-corrected chi connectivity index (χ3v) is 2.72. The smallest absolute Gasteiger partial charge is 0.333 e. The monoisotopic (exact) mass is 272 g/mol. The molecule has 0 radical (unpaired) electrons. The van der Waals surface area contributed by atoms with Gasteiger partial charge in [0, 0.05) is 12.2 Å². The van der Waals surface area contributed by atoms with E-state index in [9.17, 15) is 4.79 Å². The van der Waals surface area contributed by atoms with Crippen LogP contribution in [0.15, 0.2) is 22.3 Å². The van der Waals surface area contributed by atoms with E-state index in [4.69, 9.17) is 10.2 Å². The largest absolute Gasteiger partial charge is 0.460 e. The highest BCUT2D eigenvalue weighted by molar-refractivity contribution is 5.88. The normalized spacial score (nSPS) is 9.05. The minimum atomic E-state index is -0.348. The van der Waals surface area contributed by atoms with Gasteiger partial charge in [-0.05, 0) is 48.0 Å². The number of carbonyl (C=O) groups is 1. The summed E-state index contributed by atoms with van der Waals surface area (Å²) in [6.45, 7) is 11.8. The summed E-state index contributed by atoms with van der Waals surface area (Å²) >= 11 is 0. The molecule has 0 amide bonds. The van der Waals surface area contributed by atoms with Crippen LogP contribution in [0, 0.1) is 0 Å². The van der Waals surface area contributed by atoms with Crippen molar-refractivity contribution < 1.29 is 19.7 Å². The molecule has 0 saturated carbocycles. The lowest BCUT2D eigenvalue weighted by Gasteiger charge is -2.03. The molecule has 0 unspecified atom stereocenters. The third kappa shape index (κ3) is 11.7. The minimum absolute atomic E-state index is 0.0729. The molecule has 4 nitrogen and oxygen atoms in total. The molecule has 0 bridgehead atoms. The fourth-order valence-corrected chi connectivity index (χ4v) is 0.868. The minimum Gasteiger partial charge on any atom is -0.460 e. The Morgan fingerprint density at radius 2 is 1.42 bits per heavy atom. The first-order chi connectivity index (χ1) is 8.77. The Hall–Kier alpha value is -1.13. The number of esters is 1. The van der Waals surface area contributed by atoms with E-state index in [1.54, 1.807) is 6.92 Å². The van der Waals surface area contributed by atoms with E-state index >= 15 is 0 Å². The van der Waals surface area contributed by atoms with E-state index in [1.807, 2.05) is 20.8 Å². The number of aliphatic hydroxyl groups is 2.